The highest BCUT2D eigenvalue weighted by Gasteiger charge is 2.35. The maximum Gasteiger partial charge on any atom is 0.575 e. The highest BCUT2D eigenvalue weighted by atomic mass is 19.4. The highest BCUT2D eigenvalue weighted by molar-refractivity contribution is 5.86. The van der Waals surface area contributed by atoms with Gasteiger partial charge in [0.25, 0.3) is 0 Å². The molecule has 0 spiro atoms. The number of hydrogen-bond acceptors (Lipinski definition) is 3. The fraction of sp³-hybridized carbons (Fsp3) is 0.154. The number of carbonyl (C=O) groups is 1. The summed E-state index contributed by atoms with van der Waals surface area (Å²) in [6.45, 7) is 0.412. The first-order chi connectivity index (χ1) is 9.44. The molecule has 1 aromatic carbocycles. The van der Waals surface area contributed by atoms with Gasteiger partial charge in [-0.05, 0) is 0 Å². The van der Waals surface area contributed by atoms with Crippen LogP contribution < -0.4 is 4.57 Å². The second-order valence-electron chi connectivity index (χ2n) is 3.93. The first-order valence-electron chi connectivity index (χ1n) is 5.63. The normalized spacial score (nSPS) is 11.2. The van der Waals surface area contributed by atoms with Crippen LogP contribution in [0, 0.1) is 0 Å². The van der Waals surface area contributed by atoms with Crippen LogP contribution in [0.5, 0.6) is 0 Å². The molecular weight excluding hydrogens is 273 g/mol. The third kappa shape index (κ3) is 4.04. The monoisotopic (exact) mass is 283 g/mol. The molecule has 2 aromatic rings. The van der Waals surface area contributed by atoms with Crippen molar-refractivity contribution in [1.82, 2.24) is 4.98 Å². The Balaban J connectivity index is 2.14. The molecule has 2 rings (SSSR count). The topological polar surface area (TPSA) is 43.1 Å². The standard InChI is InChI=1S/C13H10F3N2O2/c14-13(15,16)20-12(19)11-9-18(7-6-17-11)8-10-4-2-1-3-5-10/h1-7,9H,8H2/q+1. The molecule has 0 saturated carbocycles. The van der Waals surface area contributed by atoms with E-state index in [-0.39, 0.29) is 0 Å². The van der Waals surface area contributed by atoms with Gasteiger partial charge < -0.3 is 4.74 Å². The minimum Gasteiger partial charge on any atom is -0.368 e. The SMILES string of the molecule is O=C(OC(F)(F)F)c1c[n+](Cc2ccccc2)ccn1. The Hall–Kier alpha value is -2.44. The van der Waals surface area contributed by atoms with E-state index >= 15 is 0 Å². The van der Waals surface area contributed by atoms with Crippen LogP contribution in [0.15, 0.2) is 48.9 Å². The summed E-state index contributed by atoms with van der Waals surface area (Å²) < 4.78 is 40.7. The van der Waals surface area contributed by atoms with Gasteiger partial charge in [-0.3, -0.25) is 0 Å². The number of hydrogen-bond donors (Lipinski definition) is 0. The zero-order valence-electron chi connectivity index (χ0n) is 10.2. The van der Waals surface area contributed by atoms with Gasteiger partial charge in [0.1, 0.15) is 0 Å². The van der Waals surface area contributed by atoms with E-state index in [1.54, 1.807) is 10.8 Å². The molecule has 0 aliphatic carbocycles. The number of halogens is 3. The molecule has 0 saturated heterocycles. The van der Waals surface area contributed by atoms with Gasteiger partial charge in [0.2, 0.25) is 11.9 Å². The van der Waals surface area contributed by atoms with Gasteiger partial charge >= 0.3 is 12.3 Å². The average molecular weight is 283 g/mol. The molecule has 0 radical (unpaired) electrons. The number of esters is 1. The van der Waals surface area contributed by atoms with Gasteiger partial charge in [-0.25, -0.2) is 9.78 Å². The molecule has 0 aliphatic heterocycles. The molecule has 0 aliphatic rings. The number of carbonyl (C=O) groups excluding carboxylic acids is 1. The number of rotatable bonds is 3. The third-order valence-electron chi connectivity index (χ3n) is 2.39. The molecule has 1 aromatic heterocycles. The summed E-state index contributed by atoms with van der Waals surface area (Å²) in [5.74, 6) is -1.53. The summed E-state index contributed by atoms with van der Waals surface area (Å²) in [5, 5.41) is 0. The zero-order valence-corrected chi connectivity index (χ0v) is 10.2. The van der Waals surface area contributed by atoms with Crippen molar-refractivity contribution < 1.29 is 27.3 Å². The largest absolute Gasteiger partial charge is 0.575 e. The average Bonchev–Trinajstić information content (AvgIpc) is 2.38. The van der Waals surface area contributed by atoms with Crippen molar-refractivity contribution >= 4 is 5.97 Å². The number of nitrogens with zero attached hydrogens (tertiary/aromatic N) is 2. The second kappa shape index (κ2) is 5.68. The van der Waals surface area contributed by atoms with Gasteiger partial charge in [-0.15, -0.1) is 13.2 Å². The predicted octanol–water partition coefficient (Wildman–Crippen LogP) is 2.09. The van der Waals surface area contributed by atoms with Crippen molar-refractivity contribution in [2.75, 3.05) is 0 Å². The van der Waals surface area contributed by atoms with E-state index in [0.717, 1.165) is 5.56 Å². The van der Waals surface area contributed by atoms with Crippen molar-refractivity contribution in [3.8, 4) is 0 Å². The van der Waals surface area contributed by atoms with E-state index in [9.17, 15) is 18.0 Å². The van der Waals surface area contributed by atoms with E-state index in [1.165, 1.54) is 12.4 Å². The third-order valence-corrected chi connectivity index (χ3v) is 2.39. The van der Waals surface area contributed by atoms with E-state index in [0.29, 0.717) is 6.54 Å². The Labute approximate surface area is 112 Å². The maximum atomic E-state index is 12.0. The smallest absolute Gasteiger partial charge is 0.368 e. The first-order valence-corrected chi connectivity index (χ1v) is 5.63. The van der Waals surface area contributed by atoms with Gasteiger partial charge in [0.15, 0.2) is 12.7 Å². The molecule has 0 bridgehead atoms. The molecule has 1 heterocycles. The number of benzene rings is 1. The molecule has 0 unspecified atom stereocenters. The van der Waals surface area contributed by atoms with Crippen molar-refractivity contribution in [2.45, 2.75) is 12.9 Å². The van der Waals surface area contributed by atoms with E-state index in [4.69, 9.17) is 0 Å². The predicted molar refractivity (Wildman–Crippen MR) is 61.4 cm³/mol. The van der Waals surface area contributed by atoms with Crippen molar-refractivity contribution in [3.63, 3.8) is 0 Å². The number of alkyl halides is 3. The Morgan fingerprint density at radius 3 is 2.60 bits per heavy atom. The zero-order chi connectivity index (χ0) is 14.6. The van der Waals surface area contributed by atoms with Crippen LogP contribution in [-0.2, 0) is 11.3 Å². The lowest BCUT2D eigenvalue weighted by Gasteiger charge is -2.05. The van der Waals surface area contributed by atoms with Crippen LogP contribution in [-0.4, -0.2) is 17.3 Å². The van der Waals surface area contributed by atoms with Gasteiger partial charge in [-0.2, -0.15) is 4.57 Å². The number of aromatic nitrogens is 2. The molecule has 4 nitrogen and oxygen atoms in total. The van der Waals surface area contributed by atoms with Crippen molar-refractivity contribution in [3.05, 3.63) is 60.2 Å². The van der Waals surface area contributed by atoms with Crippen LogP contribution in [0.1, 0.15) is 16.1 Å². The second-order valence-corrected chi connectivity index (χ2v) is 3.93. The van der Waals surface area contributed by atoms with E-state index in [1.807, 2.05) is 30.3 Å². The van der Waals surface area contributed by atoms with Crippen molar-refractivity contribution in [1.29, 1.82) is 0 Å². The summed E-state index contributed by atoms with van der Waals surface area (Å²) in [6.07, 6.45) is -1.01. The van der Waals surface area contributed by atoms with Gasteiger partial charge in [0.05, 0.1) is 6.20 Å². The fourth-order valence-corrected chi connectivity index (χ4v) is 1.59. The highest BCUT2D eigenvalue weighted by Crippen LogP contribution is 2.17. The minimum atomic E-state index is -5.02. The molecule has 0 fully saturated rings. The molecule has 0 atom stereocenters. The summed E-state index contributed by atoms with van der Waals surface area (Å²) >= 11 is 0. The fourth-order valence-electron chi connectivity index (χ4n) is 1.59. The Kier molecular flexibility index (Phi) is 3.97. The van der Waals surface area contributed by atoms with E-state index < -0.39 is 18.0 Å². The summed E-state index contributed by atoms with van der Waals surface area (Å²) in [5.41, 5.74) is 0.541. The van der Waals surface area contributed by atoms with Crippen molar-refractivity contribution in [2.24, 2.45) is 0 Å². The molecule has 0 N–H and O–H groups in total. The lowest BCUT2D eigenvalue weighted by atomic mass is 10.2. The lowest BCUT2D eigenvalue weighted by Crippen LogP contribution is -2.35. The molecule has 7 heteroatoms. The van der Waals surface area contributed by atoms with Crippen LogP contribution in [0.3, 0.4) is 0 Å². The van der Waals surface area contributed by atoms with Crippen LogP contribution in [0.25, 0.3) is 0 Å². The van der Waals surface area contributed by atoms with E-state index in [2.05, 4.69) is 9.72 Å². The summed E-state index contributed by atoms with van der Waals surface area (Å²) in [4.78, 5) is 14.8. The minimum absolute atomic E-state index is 0.402. The quantitative estimate of drug-likeness (QED) is 0.640. The first kappa shape index (κ1) is 14.0. The molecule has 104 valence electrons. The molecule has 0 amide bonds. The van der Waals surface area contributed by atoms with Crippen LogP contribution in [0.4, 0.5) is 13.2 Å². The van der Waals surface area contributed by atoms with Crippen LogP contribution >= 0.6 is 0 Å². The summed E-state index contributed by atoms with van der Waals surface area (Å²) in [7, 11) is 0. The Morgan fingerprint density at radius 1 is 1.25 bits per heavy atom. The van der Waals surface area contributed by atoms with Gasteiger partial charge in [-0.1, -0.05) is 30.3 Å². The Morgan fingerprint density at radius 2 is 1.95 bits per heavy atom. The van der Waals surface area contributed by atoms with Gasteiger partial charge in [0, 0.05) is 5.56 Å². The molecular formula is C13H10F3N2O2+. The Bertz CT molecular complexity index is 600. The number of ether oxygens (including phenoxy) is 1. The maximum absolute atomic E-state index is 12.0. The van der Waals surface area contributed by atoms with Crippen LogP contribution in [0.2, 0.25) is 0 Å². The molecule has 20 heavy (non-hydrogen) atoms. The summed E-state index contributed by atoms with van der Waals surface area (Å²) in [6, 6.07) is 9.26. The lowest BCUT2D eigenvalue weighted by molar-refractivity contribution is -0.689.